The molecule has 0 radical (unpaired) electrons. The summed E-state index contributed by atoms with van der Waals surface area (Å²) in [7, 11) is 0. The van der Waals surface area contributed by atoms with Gasteiger partial charge in [-0.1, -0.05) is 46.3 Å². The number of rotatable bonds is 3. The van der Waals surface area contributed by atoms with E-state index in [0.29, 0.717) is 17.0 Å². The van der Waals surface area contributed by atoms with Crippen molar-refractivity contribution in [1.29, 1.82) is 0 Å². The van der Waals surface area contributed by atoms with E-state index in [1.807, 2.05) is 60.7 Å². The molecule has 6 nitrogen and oxygen atoms in total. The number of aromatic amines is 1. The van der Waals surface area contributed by atoms with Crippen LogP contribution in [0.2, 0.25) is 0 Å². The zero-order chi connectivity index (χ0) is 21.5. The largest absolute Gasteiger partial charge is 0.467 e. The molecule has 1 aliphatic heterocycles. The molecule has 0 spiro atoms. The third-order valence-corrected chi connectivity index (χ3v) is 5.82. The molecule has 7 heteroatoms. The molecule has 154 valence electrons. The highest BCUT2D eigenvalue weighted by Gasteiger charge is 2.33. The molecule has 0 saturated carbocycles. The summed E-state index contributed by atoms with van der Waals surface area (Å²) in [6.45, 7) is 1.47. The molecule has 2 aromatic carbocycles. The summed E-state index contributed by atoms with van der Waals surface area (Å²) in [6.07, 6.45) is 3.41. The third-order valence-electron chi connectivity index (χ3n) is 5.33. The molecule has 0 saturated heterocycles. The van der Waals surface area contributed by atoms with Gasteiger partial charge in [-0.15, -0.1) is 0 Å². The Kier molecular flexibility index (Phi) is 4.75. The number of hydrazine groups is 1. The molecule has 1 unspecified atom stereocenters. The highest BCUT2D eigenvalue weighted by molar-refractivity contribution is 9.10. The number of carbonyl (C=O) groups excluding carboxylic acids is 1. The molecule has 0 fully saturated rings. The fraction of sp³-hybridized carbons (Fsp3) is 0.0833. The van der Waals surface area contributed by atoms with Crippen LogP contribution in [0.3, 0.4) is 0 Å². The minimum atomic E-state index is -0.455. The Morgan fingerprint density at radius 1 is 1.06 bits per heavy atom. The van der Waals surface area contributed by atoms with Crippen molar-refractivity contribution < 1.29 is 9.21 Å². The number of halogens is 1. The van der Waals surface area contributed by atoms with Crippen molar-refractivity contribution >= 4 is 38.4 Å². The maximum absolute atomic E-state index is 13.3. The number of benzene rings is 2. The number of carbonyl (C=O) groups is 1. The topological polar surface area (TPSA) is 78.3 Å². The van der Waals surface area contributed by atoms with Crippen LogP contribution in [-0.2, 0) is 4.79 Å². The van der Waals surface area contributed by atoms with E-state index in [9.17, 15) is 9.59 Å². The molecule has 0 aliphatic carbocycles. The van der Waals surface area contributed by atoms with Crippen molar-refractivity contribution in [2.75, 3.05) is 0 Å². The summed E-state index contributed by atoms with van der Waals surface area (Å²) in [5.41, 5.74) is 6.35. The summed E-state index contributed by atoms with van der Waals surface area (Å²) in [6, 6.07) is 18.6. The van der Waals surface area contributed by atoms with Gasteiger partial charge in [0.15, 0.2) is 0 Å². The average molecular weight is 476 g/mol. The van der Waals surface area contributed by atoms with Gasteiger partial charge < -0.3 is 9.40 Å². The number of hydrogen-bond donors (Lipinski definition) is 2. The predicted octanol–water partition coefficient (Wildman–Crippen LogP) is 5.00. The molecule has 31 heavy (non-hydrogen) atoms. The molecule has 1 aliphatic rings. The second-order valence-corrected chi connectivity index (χ2v) is 8.22. The van der Waals surface area contributed by atoms with E-state index in [1.165, 1.54) is 11.9 Å². The molecule has 1 amide bonds. The van der Waals surface area contributed by atoms with Gasteiger partial charge in [-0.25, -0.2) is 5.01 Å². The molecule has 0 bridgehead atoms. The van der Waals surface area contributed by atoms with Gasteiger partial charge in [0, 0.05) is 27.9 Å². The van der Waals surface area contributed by atoms with Gasteiger partial charge in [0.05, 0.1) is 17.5 Å². The van der Waals surface area contributed by atoms with Crippen LogP contribution in [0.1, 0.15) is 24.3 Å². The van der Waals surface area contributed by atoms with Crippen molar-refractivity contribution in [3.05, 3.63) is 99.2 Å². The molecular weight excluding hydrogens is 458 g/mol. The van der Waals surface area contributed by atoms with Crippen LogP contribution < -0.4 is 11.0 Å². The minimum absolute atomic E-state index is 0.186. The van der Waals surface area contributed by atoms with E-state index in [2.05, 4.69) is 26.3 Å². The van der Waals surface area contributed by atoms with Crippen LogP contribution in [0.25, 0.3) is 27.7 Å². The monoisotopic (exact) mass is 475 g/mol. The SMILES string of the molecule is CC(=O)N1NC(c2c(-c3ccccc3)c3cc(Br)ccc3[nH]c2=O)=CC1c1ccco1. The molecule has 4 aromatic rings. The molecule has 2 aromatic heterocycles. The van der Waals surface area contributed by atoms with Crippen molar-refractivity contribution in [2.45, 2.75) is 13.0 Å². The molecule has 3 heterocycles. The second-order valence-electron chi connectivity index (χ2n) is 7.30. The summed E-state index contributed by atoms with van der Waals surface area (Å²) >= 11 is 3.54. The summed E-state index contributed by atoms with van der Waals surface area (Å²) in [5, 5.41) is 2.36. The first kappa shape index (κ1) is 19.4. The fourth-order valence-corrected chi connectivity index (χ4v) is 4.34. The quantitative estimate of drug-likeness (QED) is 0.436. The van der Waals surface area contributed by atoms with Crippen molar-refractivity contribution in [1.82, 2.24) is 15.4 Å². The fourth-order valence-electron chi connectivity index (χ4n) is 3.98. The number of pyridine rings is 1. The van der Waals surface area contributed by atoms with Gasteiger partial charge in [0.1, 0.15) is 11.8 Å². The van der Waals surface area contributed by atoms with Crippen molar-refractivity contribution in [3.8, 4) is 11.1 Å². The lowest BCUT2D eigenvalue weighted by Gasteiger charge is -2.22. The summed E-state index contributed by atoms with van der Waals surface area (Å²) in [5.74, 6) is 0.424. The van der Waals surface area contributed by atoms with Gasteiger partial charge >= 0.3 is 0 Å². The summed E-state index contributed by atoms with van der Waals surface area (Å²) < 4.78 is 6.45. The first-order chi connectivity index (χ1) is 15.0. The van der Waals surface area contributed by atoms with Gasteiger partial charge in [0.2, 0.25) is 5.91 Å². The Bertz CT molecular complexity index is 1370. The highest BCUT2D eigenvalue weighted by Crippen LogP contribution is 2.37. The number of amides is 1. The second kappa shape index (κ2) is 7.59. The van der Waals surface area contributed by atoms with Crippen molar-refractivity contribution in [2.24, 2.45) is 0 Å². The number of aromatic nitrogens is 1. The minimum Gasteiger partial charge on any atom is -0.467 e. The standard InChI is InChI=1S/C24H18BrN3O3/c1-14(29)28-20(21-8-5-11-31-21)13-19(27-28)23-22(15-6-3-2-4-7-15)17-12-16(25)9-10-18(17)26-24(23)30/h2-13,20,27H,1H3,(H,26,30). The normalized spacial score (nSPS) is 15.7. The number of nitrogens with zero attached hydrogens (tertiary/aromatic N) is 1. The van der Waals surface area contributed by atoms with Gasteiger partial charge in [-0.3, -0.25) is 15.0 Å². The first-order valence-electron chi connectivity index (χ1n) is 9.76. The number of fused-ring (bicyclic) bond motifs is 1. The Balaban J connectivity index is 1.79. The van der Waals surface area contributed by atoms with Gasteiger partial charge in [-0.2, -0.15) is 0 Å². The van der Waals surface area contributed by atoms with E-state index < -0.39 is 6.04 Å². The molecule has 1 atom stereocenters. The van der Waals surface area contributed by atoms with Crippen molar-refractivity contribution in [3.63, 3.8) is 0 Å². The predicted molar refractivity (Wildman–Crippen MR) is 123 cm³/mol. The zero-order valence-electron chi connectivity index (χ0n) is 16.6. The number of furan rings is 1. The Morgan fingerprint density at radius 3 is 2.58 bits per heavy atom. The zero-order valence-corrected chi connectivity index (χ0v) is 18.1. The van der Waals surface area contributed by atoms with Crippen LogP contribution in [-0.4, -0.2) is 15.9 Å². The van der Waals surface area contributed by atoms with Crippen LogP contribution in [0.4, 0.5) is 0 Å². The van der Waals surface area contributed by atoms with E-state index >= 15 is 0 Å². The average Bonchev–Trinajstić information content (AvgIpc) is 3.43. The van der Waals surface area contributed by atoms with E-state index in [1.54, 1.807) is 12.3 Å². The number of nitrogens with one attached hydrogen (secondary N) is 2. The van der Waals surface area contributed by atoms with Crippen LogP contribution in [0, 0.1) is 0 Å². The van der Waals surface area contributed by atoms with Crippen LogP contribution >= 0.6 is 15.9 Å². The number of H-pyrrole nitrogens is 1. The Hall–Kier alpha value is -3.58. The van der Waals surface area contributed by atoms with E-state index in [4.69, 9.17) is 4.42 Å². The maximum atomic E-state index is 13.3. The number of hydrogen-bond acceptors (Lipinski definition) is 4. The maximum Gasteiger partial charge on any atom is 0.258 e. The third kappa shape index (κ3) is 3.37. The Morgan fingerprint density at radius 2 is 1.87 bits per heavy atom. The lowest BCUT2D eigenvalue weighted by Crippen LogP contribution is -2.38. The molecule has 5 rings (SSSR count). The summed E-state index contributed by atoms with van der Waals surface area (Å²) in [4.78, 5) is 28.6. The molecular formula is C24H18BrN3O3. The van der Waals surface area contributed by atoms with Crippen LogP contribution in [0.5, 0.6) is 0 Å². The van der Waals surface area contributed by atoms with Gasteiger partial charge in [0.25, 0.3) is 5.56 Å². The van der Waals surface area contributed by atoms with E-state index in [-0.39, 0.29) is 11.5 Å². The lowest BCUT2D eigenvalue weighted by atomic mass is 9.94. The smallest absolute Gasteiger partial charge is 0.258 e. The first-order valence-corrected chi connectivity index (χ1v) is 10.6. The Labute approximate surface area is 186 Å². The molecule has 2 N–H and O–H groups in total. The van der Waals surface area contributed by atoms with Crippen LogP contribution in [0.15, 0.2) is 86.7 Å². The van der Waals surface area contributed by atoms with E-state index in [0.717, 1.165) is 26.5 Å². The van der Waals surface area contributed by atoms with Gasteiger partial charge in [-0.05, 0) is 42.0 Å². The highest BCUT2D eigenvalue weighted by atomic mass is 79.9. The lowest BCUT2D eigenvalue weighted by molar-refractivity contribution is -0.132.